The van der Waals surface area contributed by atoms with Crippen LogP contribution in [0.4, 0.5) is 0 Å². The van der Waals surface area contributed by atoms with E-state index in [0.29, 0.717) is 24.9 Å². The van der Waals surface area contributed by atoms with Gasteiger partial charge in [-0.15, -0.1) is 0 Å². The van der Waals surface area contributed by atoms with Gasteiger partial charge < -0.3 is 9.84 Å². The van der Waals surface area contributed by atoms with Crippen LogP contribution in [0.5, 0.6) is 0 Å². The summed E-state index contributed by atoms with van der Waals surface area (Å²) < 4.78 is 32.2. The van der Waals surface area contributed by atoms with Crippen molar-refractivity contribution in [3.05, 3.63) is 35.4 Å². The van der Waals surface area contributed by atoms with Crippen molar-refractivity contribution in [2.45, 2.75) is 37.6 Å². The van der Waals surface area contributed by atoms with E-state index in [4.69, 9.17) is 5.11 Å². The zero-order valence-corrected chi connectivity index (χ0v) is 15.7. The highest BCUT2D eigenvalue weighted by molar-refractivity contribution is 7.88. The molecule has 0 amide bonds. The summed E-state index contributed by atoms with van der Waals surface area (Å²) in [5.41, 5.74) is 0.606. The Kier molecular flexibility index (Phi) is 6.74. The molecule has 26 heavy (non-hydrogen) atoms. The largest absolute Gasteiger partial charge is 0.480 e. The van der Waals surface area contributed by atoms with Gasteiger partial charge >= 0.3 is 11.9 Å². The molecule has 0 heterocycles. The lowest BCUT2D eigenvalue weighted by Crippen LogP contribution is -2.54. The summed E-state index contributed by atoms with van der Waals surface area (Å²) in [5.74, 6) is -1.78. The second-order valence-electron chi connectivity index (χ2n) is 6.30. The minimum Gasteiger partial charge on any atom is -0.480 e. The Bertz CT molecular complexity index is 758. The maximum Gasteiger partial charge on any atom is 0.338 e. The Labute approximate surface area is 153 Å². The average Bonchev–Trinajstić information content (AvgIpc) is 2.55. The number of hydrogen-bond acceptors (Lipinski definition) is 6. The van der Waals surface area contributed by atoms with Gasteiger partial charge in [-0.1, -0.05) is 25.1 Å². The molecule has 0 aromatic heterocycles. The number of carbonyl (C=O) groups excluding carboxylic acids is 1. The number of ether oxygens (including phenoxy) is 1. The van der Waals surface area contributed by atoms with Gasteiger partial charge in [-0.25, -0.2) is 17.9 Å². The Morgan fingerprint density at radius 1 is 1.31 bits per heavy atom. The minimum atomic E-state index is -3.63. The molecular weight excluding hydrogens is 360 g/mol. The number of nitrogens with one attached hydrogen (secondary N) is 1. The first-order valence-electron chi connectivity index (χ1n) is 8.37. The fourth-order valence-corrected chi connectivity index (χ4v) is 4.56. The van der Waals surface area contributed by atoms with Crippen molar-refractivity contribution >= 4 is 22.0 Å². The summed E-state index contributed by atoms with van der Waals surface area (Å²) in [5, 5.41) is 8.90. The van der Waals surface area contributed by atoms with Crippen LogP contribution in [0, 0.1) is 0 Å². The Balaban J connectivity index is 1.95. The molecule has 0 atom stereocenters. The predicted molar refractivity (Wildman–Crippen MR) is 95.2 cm³/mol. The fourth-order valence-electron chi connectivity index (χ4n) is 3.11. The number of sulfonamides is 1. The van der Waals surface area contributed by atoms with Gasteiger partial charge in [0, 0.05) is 12.1 Å². The summed E-state index contributed by atoms with van der Waals surface area (Å²) in [6.45, 7) is 2.43. The Morgan fingerprint density at radius 2 is 1.96 bits per heavy atom. The highest BCUT2D eigenvalue weighted by Crippen LogP contribution is 2.26. The van der Waals surface area contributed by atoms with E-state index in [1.54, 1.807) is 18.2 Å². The minimum absolute atomic E-state index is 0.0485. The molecule has 144 valence electrons. The maximum atomic E-state index is 12.4. The number of nitrogens with zero attached hydrogens (tertiary/aromatic N) is 1. The number of aliphatic carboxylic acids is 1. The normalized spacial score (nSPS) is 19.8. The smallest absolute Gasteiger partial charge is 0.338 e. The number of carboxylic acids is 1. The van der Waals surface area contributed by atoms with E-state index < -0.39 is 22.0 Å². The lowest BCUT2D eigenvalue weighted by Gasteiger charge is -2.42. The second-order valence-corrected chi connectivity index (χ2v) is 8.06. The van der Waals surface area contributed by atoms with E-state index in [1.165, 1.54) is 13.2 Å². The van der Waals surface area contributed by atoms with Gasteiger partial charge in [0.2, 0.25) is 10.0 Å². The standard InChI is InChI=1S/C17H24N2O6S/c1-3-19(10-16(20)21)14-8-13(9-14)18-26(23,24)11-12-6-4-5-7-15(12)17(22)25-2/h4-7,13-14,18H,3,8-11H2,1-2H3,(H,20,21). The topological polar surface area (TPSA) is 113 Å². The number of carboxylic acid groups (broad SMARTS) is 1. The van der Waals surface area contributed by atoms with Crippen molar-refractivity contribution in [2.24, 2.45) is 0 Å². The molecule has 0 radical (unpaired) electrons. The van der Waals surface area contributed by atoms with Gasteiger partial charge in [0.05, 0.1) is 25.0 Å². The Morgan fingerprint density at radius 3 is 2.54 bits per heavy atom. The number of benzene rings is 1. The third-order valence-electron chi connectivity index (χ3n) is 4.49. The van der Waals surface area contributed by atoms with Crippen molar-refractivity contribution in [3.63, 3.8) is 0 Å². The number of rotatable bonds is 9. The summed E-state index contributed by atoms with van der Waals surface area (Å²) in [6, 6.07) is 6.27. The third-order valence-corrected chi connectivity index (χ3v) is 5.87. The van der Waals surface area contributed by atoms with Crippen LogP contribution in [0.1, 0.15) is 35.7 Å². The Hall–Kier alpha value is -1.97. The van der Waals surface area contributed by atoms with E-state index in [9.17, 15) is 18.0 Å². The van der Waals surface area contributed by atoms with Gasteiger partial charge in [-0.3, -0.25) is 9.69 Å². The average molecular weight is 384 g/mol. The molecule has 9 heteroatoms. The first kappa shape index (κ1) is 20.3. The highest BCUT2D eigenvalue weighted by Gasteiger charge is 2.36. The molecule has 1 aromatic carbocycles. The van der Waals surface area contributed by atoms with E-state index in [1.807, 2.05) is 11.8 Å². The number of carbonyl (C=O) groups is 2. The number of likely N-dealkylation sites (N-methyl/N-ethyl adjacent to an activating group) is 1. The fraction of sp³-hybridized carbons (Fsp3) is 0.529. The highest BCUT2D eigenvalue weighted by atomic mass is 32.2. The molecule has 0 spiro atoms. The zero-order chi connectivity index (χ0) is 19.3. The monoisotopic (exact) mass is 384 g/mol. The van der Waals surface area contributed by atoms with E-state index in [0.717, 1.165) is 0 Å². The van der Waals surface area contributed by atoms with E-state index in [-0.39, 0.29) is 29.9 Å². The molecule has 0 saturated heterocycles. The second kappa shape index (κ2) is 8.61. The van der Waals surface area contributed by atoms with Crippen LogP contribution < -0.4 is 4.72 Å². The predicted octanol–water partition coefficient (Wildman–Crippen LogP) is 0.830. The molecule has 1 aliphatic carbocycles. The molecule has 0 aliphatic heterocycles. The zero-order valence-electron chi connectivity index (χ0n) is 14.8. The first-order chi connectivity index (χ1) is 12.3. The summed E-state index contributed by atoms with van der Waals surface area (Å²) in [6.07, 6.45) is 1.14. The van der Waals surface area contributed by atoms with Crippen molar-refractivity contribution in [1.29, 1.82) is 0 Å². The molecule has 1 aromatic rings. The summed E-state index contributed by atoms with van der Waals surface area (Å²) >= 11 is 0. The van der Waals surface area contributed by atoms with Crippen LogP contribution >= 0.6 is 0 Å². The van der Waals surface area contributed by atoms with Crippen LogP contribution in [0.25, 0.3) is 0 Å². The van der Waals surface area contributed by atoms with Gasteiger partial charge in [0.25, 0.3) is 0 Å². The van der Waals surface area contributed by atoms with Crippen molar-refractivity contribution < 1.29 is 27.9 Å². The van der Waals surface area contributed by atoms with Crippen LogP contribution in [-0.2, 0) is 25.3 Å². The molecule has 2 rings (SSSR count). The first-order valence-corrected chi connectivity index (χ1v) is 10.0. The van der Waals surface area contributed by atoms with Crippen LogP contribution in [0.3, 0.4) is 0 Å². The molecule has 1 fully saturated rings. The lowest BCUT2D eigenvalue weighted by molar-refractivity contribution is -0.139. The quantitative estimate of drug-likeness (QED) is 0.606. The molecule has 1 aliphatic rings. The number of hydrogen-bond donors (Lipinski definition) is 2. The van der Waals surface area contributed by atoms with Gasteiger partial charge in [-0.05, 0) is 31.0 Å². The van der Waals surface area contributed by atoms with E-state index in [2.05, 4.69) is 9.46 Å². The molecular formula is C17H24N2O6S. The van der Waals surface area contributed by atoms with Crippen molar-refractivity contribution in [2.75, 3.05) is 20.2 Å². The van der Waals surface area contributed by atoms with E-state index >= 15 is 0 Å². The summed E-state index contributed by atoms with van der Waals surface area (Å²) in [4.78, 5) is 24.4. The van der Waals surface area contributed by atoms with Gasteiger partial charge in [0.1, 0.15) is 0 Å². The third kappa shape index (κ3) is 5.26. The molecule has 0 bridgehead atoms. The van der Waals surface area contributed by atoms with Crippen LogP contribution in [-0.4, -0.2) is 62.6 Å². The van der Waals surface area contributed by atoms with Crippen LogP contribution in [0.2, 0.25) is 0 Å². The molecule has 1 saturated carbocycles. The maximum absolute atomic E-state index is 12.4. The SMILES string of the molecule is CCN(CC(=O)O)C1CC(NS(=O)(=O)Cc2ccccc2C(=O)OC)C1. The van der Waals surface area contributed by atoms with Crippen molar-refractivity contribution in [1.82, 2.24) is 9.62 Å². The molecule has 0 unspecified atom stereocenters. The lowest BCUT2D eigenvalue weighted by atomic mass is 9.86. The van der Waals surface area contributed by atoms with Crippen LogP contribution in [0.15, 0.2) is 24.3 Å². The number of methoxy groups -OCH3 is 1. The van der Waals surface area contributed by atoms with Crippen molar-refractivity contribution in [3.8, 4) is 0 Å². The molecule has 8 nitrogen and oxygen atoms in total. The summed E-state index contributed by atoms with van der Waals surface area (Å²) in [7, 11) is -2.38. The van der Waals surface area contributed by atoms with Gasteiger partial charge in [-0.2, -0.15) is 0 Å². The molecule has 2 N–H and O–H groups in total. The number of esters is 1. The van der Waals surface area contributed by atoms with Gasteiger partial charge in [0.15, 0.2) is 0 Å².